The Morgan fingerprint density at radius 1 is 1.58 bits per heavy atom. The first-order valence-corrected chi connectivity index (χ1v) is 6.92. The van der Waals surface area contributed by atoms with Crippen LogP contribution in [0, 0.1) is 12.3 Å². The maximum atomic E-state index is 11.2. The monoisotopic (exact) mass is 262 g/mol. The molecule has 3 aliphatic carbocycles. The number of carbonyl (C=O) groups is 1. The molecule has 5 rings (SSSR count). The van der Waals surface area contributed by atoms with Crippen molar-refractivity contribution in [1.82, 2.24) is 9.55 Å². The maximum absolute atomic E-state index is 11.2. The summed E-state index contributed by atoms with van der Waals surface area (Å²) in [5.41, 5.74) is 1.95. The molecule has 1 atom stereocenters. The summed E-state index contributed by atoms with van der Waals surface area (Å²) in [6.45, 7) is 3.84. The first-order valence-electron chi connectivity index (χ1n) is 6.92. The minimum Gasteiger partial charge on any atom is -0.481 e. The Hall–Kier alpha value is -1.36. The lowest BCUT2D eigenvalue weighted by Gasteiger charge is -2.67. The van der Waals surface area contributed by atoms with Crippen LogP contribution < -0.4 is 0 Å². The zero-order chi connectivity index (χ0) is 13.3. The van der Waals surface area contributed by atoms with Crippen LogP contribution in [-0.2, 0) is 21.5 Å². The minimum atomic E-state index is -0.630. The van der Waals surface area contributed by atoms with Gasteiger partial charge in [-0.15, -0.1) is 0 Å². The summed E-state index contributed by atoms with van der Waals surface area (Å²) >= 11 is 0. The van der Waals surface area contributed by atoms with Crippen LogP contribution in [0.2, 0.25) is 0 Å². The van der Waals surface area contributed by atoms with E-state index in [1.165, 1.54) is 5.69 Å². The van der Waals surface area contributed by atoms with Crippen molar-refractivity contribution in [3.63, 3.8) is 0 Å². The standard InChI is InChI=1S/C14H18N2O3/c1-9-11(13-5-14(6-13,7-13)12(17)18)15-8-16(9)4-10-2-3-19-10/h8,10H,2-7H2,1H3,(H,17,18)/t10-,13?,14?/m0/s1. The van der Waals surface area contributed by atoms with Gasteiger partial charge < -0.3 is 14.4 Å². The smallest absolute Gasteiger partial charge is 0.309 e. The predicted molar refractivity (Wildman–Crippen MR) is 66.9 cm³/mol. The number of aliphatic carboxylic acids is 1. The van der Waals surface area contributed by atoms with E-state index in [-0.39, 0.29) is 5.41 Å². The van der Waals surface area contributed by atoms with Crippen molar-refractivity contribution in [2.45, 2.75) is 50.7 Å². The largest absolute Gasteiger partial charge is 0.481 e. The maximum Gasteiger partial charge on any atom is 0.309 e. The molecule has 2 heterocycles. The lowest BCUT2D eigenvalue weighted by atomic mass is 9.34. The highest BCUT2D eigenvalue weighted by atomic mass is 16.5. The van der Waals surface area contributed by atoms with Crippen LogP contribution >= 0.6 is 0 Å². The van der Waals surface area contributed by atoms with Crippen LogP contribution in [-0.4, -0.2) is 33.3 Å². The SMILES string of the molecule is Cc1c(C23CC(C(=O)O)(C2)C3)ncn1C[C@@H]1CCO1. The van der Waals surface area contributed by atoms with Crippen molar-refractivity contribution in [2.24, 2.45) is 5.41 Å². The van der Waals surface area contributed by atoms with Gasteiger partial charge in [0, 0.05) is 17.7 Å². The van der Waals surface area contributed by atoms with Gasteiger partial charge in [0.2, 0.25) is 0 Å². The Morgan fingerprint density at radius 3 is 2.79 bits per heavy atom. The molecule has 5 heteroatoms. The van der Waals surface area contributed by atoms with E-state index in [2.05, 4.69) is 16.5 Å². The molecule has 1 saturated heterocycles. The van der Waals surface area contributed by atoms with E-state index in [0.717, 1.165) is 44.5 Å². The molecule has 3 saturated carbocycles. The molecule has 19 heavy (non-hydrogen) atoms. The second-order valence-electron chi connectivity index (χ2n) is 6.51. The Morgan fingerprint density at radius 2 is 2.26 bits per heavy atom. The Bertz CT molecular complexity index is 539. The highest BCUT2D eigenvalue weighted by Gasteiger charge is 2.73. The molecule has 0 radical (unpaired) electrons. The summed E-state index contributed by atoms with van der Waals surface area (Å²) in [5.74, 6) is -0.630. The molecule has 0 spiro atoms. The van der Waals surface area contributed by atoms with Gasteiger partial charge in [0.1, 0.15) is 0 Å². The van der Waals surface area contributed by atoms with Crippen molar-refractivity contribution in [2.75, 3.05) is 6.61 Å². The number of nitrogens with zero attached hydrogens (tertiary/aromatic N) is 2. The average molecular weight is 262 g/mol. The normalized spacial score (nSPS) is 39.1. The van der Waals surface area contributed by atoms with Crippen molar-refractivity contribution in [1.29, 1.82) is 0 Å². The summed E-state index contributed by atoms with van der Waals surface area (Å²) in [5, 5.41) is 9.18. The van der Waals surface area contributed by atoms with E-state index in [1.807, 2.05) is 6.33 Å². The Kier molecular flexibility index (Phi) is 2.05. The number of carboxylic acids is 1. The summed E-state index contributed by atoms with van der Waals surface area (Å²) < 4.78 is 7.62. The van der Waals surface area contributed by atoms with Crippen molar-refractivity contribution in [3.05, 3.63) is 17.7 Å². The molecule has 2 bridgehead atoms. The van der Waals surface area contributed by atoms with E-state index >= 15 is 0 Å². The molecule has 1 aliphatic heterocycles. The summed E-state index contributed by atoms with van der Waals surface area (Å²) in [6.07, 6.45) is 5.66. The second-order valence-corrected chi connectivity index (χ2v) is 6.51. The zero-order valence-corrected chi connectivity index (χ0v) is 11.1. The number of ether oxygens (including phenoxy) is 1. The molecule has 1 N–H and O–H groups in total. The van der Waals surface area contributed by atoms with Gasteiger partial charge in [0.15, 0.2) is 0 Å². The number of rotatable bonds is 4. The molecule has 0 aromatic carbocycles. The van der Waals surface area contributed by atoms with Crippen molar-refractivity contribution >= 4 is 5.97 Å². The molecule has 5 nitrogen and oxygen atoms in total. The summed E-state index contributed by atoms with van der Waals surface area (Å²) in [4.78, 5) is 15.7. The Labute approximate surface area is 111 Å². The third-order valence-electron chi connectivity index (χ3n) is 5.28. The molecular formula is C14H18N2O3. The van der Waals surface area contributed by atoms with Gasteiger partial charge >= 0.3 is 5.97 Å². The van der Waals surface area contributed by atoms with Crippen LogP contribution in [0.4, 0.5) is 0 Å². The second kappa shape index (κ2) is 3.39. The van der Waals surface area contributed by atoms with Crippen LogP contribution in [0.25, 0.3) is 0 Å². The molecule has 102 valence electrons. The molecule has 1 aromatic rings. The third-order valence-corrected chi connectivity index (χ3v) is 5.28. The van der Waals surface area contributed by atoms with Crippen LogP contribution in [0.1, 0.15) is 37.1 Å². The molecule has 1 aromatic heterocycles. The lowest BCUT2D eigenvalue weighted by Crippen LogP contribution is -2.68. The van der Waals surface area contributed by atoms with Crippen LogP contribution in [0.3, 0.4) is 0 Å². The summed E-state index contributed by atoms with van der Waals surface area (Å²) in [7, 11) is 0. The fourth-order valence-corrected chi connectivity index (χ4v) is 4.06. The Balaban J connectivity index is 1.53. The van der Waals surface area contributed by atoms with Gasteiger partial charge in [-0.05, 0) is 32.6 Å². The fraction of sp³-hybridized carbons (Fsp3) is 0.714. The van der Waals surface area contributed by atoms with E-state index < -0.39 is 11.4 Å². The van der Waals surface area contributed by atoms with Gasteiger partial charge in [0.05, 0.1) is 30.1 Å². The average Bonchev–Trinajstić information content (AvgIpc) is 2.51. The zero-order valence-electron chi connectivity index (χ0n) is 11.1. The van der Waals surface area contributed by atoms with Gasteiger partial charge in [-0.2, -0.15) is 0 Å². The van der Waals surface area contributed by atoms with E-state index in [0.29, 0.717) is 6.10 Å². The molecule has 4 fully saturated rings. The third kappa shape index (κ3) is 1.34. The van der Waals surface area contributed by atoms with Crippen molar-refractivity contribution in [3.8, 4) is 0 Å². The first kappa shape index (κ1) is 11.5. The van der Waals surface area contributed by atoms with Gasteiger partial charge in [-0.3, -0.25) is 4.79 Å². The van der Waals surface area contributed by atoms with E-state index in [1.54, 1.807) is 0 Å². The van der Waals surface area contributed by atoms with Gasteiger partial charge in [-0.1, -0.05) is 0 Å². The molecular weight excluding hydrogens is 244 g/mol. The number of carboxylic acid groups (broad SMARTS) is 1. The highest BCUT2D eigenvalue weighted by Crippen LogP contribution is 2.73. The number of hydrogen-bond donors (Lipinski definition) is 1. The topological polar surface area (TPSA) is 64.3 Å². The fourth-order valence-electron chi connectivity index (χ4n) is 4.06. The van der Waals surface area contributed by atoms with E-state index in [9.17, 15) is 9.90 Å². The quantitative estimate of drug-likeness (QED) is 0.892. The first-order chi connectivity index (χ1) is 9.05. The van der Waals surface area contributed by atoms with Gasteiger partial charge in [0.25, 0.3) is 0 Å². The minimum absolute atomic E-state index is 0.0637. The molecule has 0 unspecified atom stereocenters. The van der Waals surface area contributed by atoms with Gasteiger partial charge in [-0.25, -0.2) is 4.98 Å². The van der Waals surface area contributed by atoms with Crippen LogP contribution in [0.5, 0.6) is 0 Å². The summed E-state index contributed by atoms with van der Waals surface area (Å²) in [6, 6.07) is 0. The highest BCUT2D eigenvalue weighted by molar-refractivity contribution is 5.80. The predicted octanol–water partition coefficient (Wildman–Crippen LogP) is 1.49. The van der Waals surface area contributed by atoms with Crippen molar-refractivity contribution < 1.29 is 14.6 Å². The van der Waals surface area contributed by atoms with Crippen LogP contribution in [0.15, 0.2) is 6.33 Å². The molecule has 0 amide bonds. The lowest BCUT2D eigenvalue weighted by molar-refractivity contribution is -0.195. The number of hydrogen-bond acceptors (Lipinski definition) is 3. The molecule has 4 aliphatic rings. The number of aromatic nitrogens is 2. The van der Waals surface area contributed by atoms with E-state index in [4.69, 9.17) is 4.74 Å². The number of imidazole rings is 1.